The molecule has 0 saturated heterocycles. The lowest BCUT2D eigenvalue weighted by atomic mass is 9.80. The van der Waals surface area contributed by atoms with Gasteiger partial charge in [0, 0.05) is 5.92 Å². The van der Waals surface area contributed by atoms with E-state index in [1.54, 1.807) is 0 Å². The van der Waals surface area contributed by atoms with E-state index in [1.807, 2.05) is 12.1 Å². The molecule has 0 spiro atoms. The molecule has 0 radical (unpaired) electrons. The van der Waals surface area contributed by atoms with Crippen molar-refractivity contribution in [3.05, 3.63) is 202 Å². The molecule has 206 valence electrons. The fraction of sp³-hybridized carbons (Fsp3) is 0.0952. The molecular formula is C42H38. The van der Waals surface area contributed by atoms with Crippen molar-refractivity contribution in [3.63, 3.8) is 0 Å². The largest absolute Gasteiger partial charge is 0.0622 e. The fourth-order valence-electron chi connectivity index (χ4n) is 5.38. The monoisotopic (exact) mass is 542 g/mol. The molecule has 0 aromatic heterocycles. The van der Waals surface area contributed by atoms with Crippen molar-refractivity contribution >= 4 is 24.3 Å². The Morgan fingerprint density at radius 2 is 0.857 bits per heavy atom. The summed E-state index contributed by atoms with van der Waals surface area (Å²) in [5, 5.41) is 0. The summed E-state index contributed by atoms with van der Waals surface area (Å²) in [4.78, 5) is 0. The molecule has 0 atom stereocenters. The van der Waals surface area contributed by atoms with Crippen LogP contribution in [0.3, 0.4) is 0 Å². The third-order valence-electron chi connectivity index (χ3n) is 7.60. The van der Waals surface area contributed by atoms with Crippen LogP contribution in [0.2, 0.25) is 0 Å². The van der Waals surface area contributed by atoms with Crippen LogP contribution in [0.15, 0.2) is 152 Å². The maximum absolute atomic E-state index is 2.29. The molecule has 0 unspecified atom stereocenters. The Balaban J connectivity index is 1.39. The summed E-state index contributed by atoms with van der Waals surface area (Å²) in [5.41, 5.74) is 11.6. The number of hydrogen-bond acceptors (Lipinski definition) is 0. The molecule has 0 fully saturated rings. The van der Waals surface area contributed by atoms with E-state index in [0.717, 1.165) is 6.42 Å². The number of hydrogen-bond donors (Lipinski definition) is 0. The predicted molar refractivity (Wildman–Crippen MR) is 183 cm³/mol. The molecule has 0 amide bonds. The SMILES string of the molecule is CCc1cccc(C)c1C(c1ccc(C=CC=Cc2ccccc2)cc1)c1ccc(C=CC=Cc2ccccc2)cc1. The molecule has 0 nitrogen and oxygen atoms in total. The van der Waals surface area contributed by atoms with Gasteiger partial charge in [-0.2, -0.15) is 0 Å². The molecule has 0 aliphatic heterocycles. The van der Waals surface area contributed by atoms with Gasteiger partial charge in [0.05, 0.1) is 0 Å². The summed E-state index contributed by atoms with van der Waals surface area (Å²) in [6, 6.07) is 45.6. The predicted octanol–water partition coefficient (Wildman–Crippen LogP) is 11.2. The van der Waals surface area contributed by atoms with Crippen LogP contribution in [0.1, 0.15) is 62.9 Å². The van der Waals surface area contributed by atoms with Gasteiger partial charge in [-0.25, -0.2) is 0 Å². The molecule has 0 bridgehead atoms. The van der Waals surface area contributed by atoms with Crippen molar-refractivity contribution in [2.24, 2.45) is 0 Å². The van der Waals surface area contributed by atoms with E-state index in [4.69, 9.17) is 0 Å². The van der Waals surface area contributed by atoms with Gasteiger partial charge in [0.25, 0.3) is 0 Å². The van der Waals surface area contributed by atoms with E-state index in [-0.39, 0.29) is 5.92 Å². The van der Waals surface area contributed by atoms with Crippen molar-refractivity contribution in [1.82, 2.24) is 0 Å². The van der Waals surface area contributed by atoms with Gasteiger partial charge in [0.2, 0.25) is 0 Å². The quantitative estimate of drug-likeness (QED) is 0.122. The Hall–Kier alpha value is -4.94. The van der Waals surface area contributed by atoms with E-state index in [0.29, 0.717) is 0 Å². The van der Waals surface area contributed by atoms with Crippen molar-refractivity contribution in [2.45, 2.75) is 26.2 Å². The Bertz CT molecular complexity index is 1560. The average Bonchev–Trinajstić information content (AvgIpc) is 3.04. The Labute approximate surface area is 251 Å². The van der Waals surface area contributed by atoms with Gasteiger partial charge in [-0.05, 0) is 63.4 Å². The van der Waals surface area contributed by atoms with Gasteiger partial charge in [-0.3, -0.25) is 0 Å². The van der Waals surface area contributed by atoms with Crippen molar-refractivity contribution in [3.8, 4) is 0 Å². The molecule has 0 saturated carbocycles. The third-order valence-corrected chi connectivity index (χ3v) is 7.60. The van der Waals surface area contributed by atoms with E-state index in [1.165, 1.54) is 50.1 Å². The summed E-state index contributed by atoms with van der Waals surface area (Å²) < 4.78 is 0. The van der Waals surface area contributed by atoms with Gasteiger partial charge < -0.3 is 0 Å². The number of aryl methyl sites for hydroxylation is 2. The zero-order valence-corrected chi connectivity index (χ0v) is 24.5. The molecule has 0 heterocycles. The second kappa shape index (κ2) is 14.6. The zero-order chi connectivity index (χ0) is 29.0. The van der Waals surface area contributed by atoms with E-state index < -0.39 is 0 Å². The second-order valence-electron chi connectivity index (χ2n) is 10.5. The molecular weight excluding hydrogens is 504 g/mol. The highest BCUT2D eigenvalue weighted by molar-refractivity contribution is 5.60. The van der Waals surface area contributed by atoms with Gasteiger partial charge in [-0.15, -0.1) is 0 Å². The highest BCUT2D eigenvalue weighted by Crippen LogP contribution is 2.36. The first-order chi connectivity index (χ1) is 20.7. The van der Waals surface area contributed by atoms with Crippen LogP contribution in [0, 0.1) is 6.92 Å². The second-order valence-corrected chi connectivity index (χ2v) is 10.5. The zero-order valence-electron chi connectivity index (χ0n) is 24.5. The van der Waals surface area contributed by atoms with Crippen molar-refractivity contribution in [2.75, 3.05) is 0 Å². The van der Waals surface area contributed by atoms with Crippen LogP contribution < -0.4 is 0 Å². The minimum absolute atomic E-state index is 0.174. The van der Waals surface area contributed by atoms with Crippen LogP contribution in [0.25, 0.3) is 24.3 Å². The summed E-state index contributed by atoms with van der Waals surface area (Å²) in [5.74, 6) is 0.174. The normalized spacial score (nSPS) is 12.6. The first-order valence-electron chi connectivity index (χ1n) is 14.8. The summed E-state index contributed by atoms with van der Waals surface area (Å²) >= 11 is 0. The Morgan fingerprint density at radius 1 is 0.452 bits per heavy atom. The maximum Gasteiger partial charge on any atom is 0.0345 e. The molecule has 42 heavy (non-hydrogen) atoms. The third kappa shape index (κ3) is 7.62. The van der Waals surface area contributed by atoms with Crippen LogP contribution in [0.4, 0.5) is 0 Å². The maximum atomic E-state index is 2.29. The highest BCUT2D eigenvalue weighted by Gasteiger charge is 2.21. The lowest BCUT2D eigenvalue weighted by Crippen LogP contribution is -2.09. The van der Waals surface area contributed by atoms with Crippen molar-refractivity contribution < 1.29 is 0 Å². The summed E-state index contributed by atoms with van der Waals surface area (Å²) in [7, 11) is 0. The first-order valence-corrected chi connectivity index (χ1v) is 14.8. The molecule has 0 N–H and O–H groups in total. The van der Waals surface area contributed by atoms with Crippen LogP contribution in [0.5, 0.6) is 0 Å². The van der Waals surface area contributed by atoms with Gasteiger partial charge >= 0.3 is 0 Å². The van der Waals surface area contributed by atoms with Crippen LogP contribution in [-0.2, 0) is 6.42 Å². The lowest BCUT2D eigenvalue weighted by molar-refractivity contribution is 0.924. The molecule has 5 aromatic carbocycles. The number of allylic oxidation sites excluding steroid dienone is 4. The topological polar surface area (TPSA) is 0 Å². The average molecular weight is 543 g/mol. The summed E-state index contributed by atoms with van der Waals surface area (Å²) in [6.45, 7) is 4.50. The van der Waals surface area contributed by atoms with Gasteiger partial charge in [0.1, 0.15) is 0 Å². The Kier molecular flexibility index (Phi) is 9.95. The standard InChI is InChI=1S/C42H38/c1-3-38-24-14-15-33(2)41(38)42(39-29-25-36(26-30-39)22-12-10-20-34-16-6-4-7-17-34)40-31-27-37(28-32-40)23-13-11-21-35-18-8-5-9-19-35/h4-32,42H,3H2,1-2H3. The van der Waals surface area contributed by atoms with Gasteiger partial charge in [-0.1, -0.05) is 183 Å². The van der Waals surface area contributed by atoms with E-state index in [2.05, 4.69) is 178 Å². The molecule has 0 aliphatic rings. The summed E-state index contributed by atoms with van der Waals surface area (Å²) in [6.07, 6.45) is 18.0. The van der Waals surface area contributed by atoms with E-state index in [9.17, 15) is 0 Å². The van der Waals surface area contributed by atoms with E-state index >= 15 is 0 Å². The molecule has 0 aliphatic carbocycles. The molecule has 0 heteroatoms. The minimum atomic E-state index is 0.174. The molecule has 5 aromatic rings. The van der Waals surface area contributed by atoms with Crippen molar-refractivity contribution in [1.29, 1.82) is 0 Å². The van der Waals surface area contributed by atoms with Gasteiger partial charge in [0.15, 0.2) is 0 Å². The number of rotatable bonds is 10. The first kappa shape index (κ1) is 28.6. The fourth-order valence-corrected chi connectivity index (χ4v) is 5.38. The Morgan fingerprint density at radius 3 is 1.26 bits per heavy atom. The molecule has 5 rings (SSSR count). The van der Waals surface area contributed by atoms with Crippen LogP contribution >= 0.6 is 0 Å². The van der Waals surface area contributed by atoms with Crippen LogP contribution in [-0.4, -0.2) is 0 Å². The highest BCUT2D eigenvalue weighted by atomic mass is 14.2. The minimum Gasteiger partial charge on any atom is -0.0622 e. The smallest absolute Gasteiger partial charge is 0.0345 e. The lowest BCUT2D eigenvalue weighted by Gasteiger charge is -2.24. The number of benzene rings is 5.